The Morgan fingerprint density at radius 1 is 1.06 bits per heavy atom. The Bertz CT molecular complexity index is 398. The van der Waals surface area contributed by atoms with E-state index in [1.807, 2.05) is 0 Å². The van der Waals surface area contributed by atoms with Crippen molar-refractivity contribution in [3.63, 3.8) is 0 Å². The number of rotatable bonds is 2. The van der Waals surface area contributed by atoms with Gasteiger partial charge < -0.3 is 10.2 Å². The molecule has 1 aliphatic heterocycles. The molecule has 0 saturated carbocycles. The Kier molecular flexibility index (Phi) is 3.53. The fourth-order valence-corrected chi connectivity index (χ4v) is 2.59. The molecule has 1 aromatic rings. The van der Waals surface area contributed by atoms with Gasteiger partial charge in [0.05, 0.1) is 0 Å². The van der Waals surface area contributed by atoms with Crippen LogP contribution in [-0.4, -0.2) is 28.2 Å². The molecule has 0 aliphatic carbocycles. The number of hydrogen-bond donors (Lipinski definition) is 2. The van der Waals surface area contributed by atoms with Crippen LogP contribution in [0.25, 0.3) is 0 Å². The number of likely N-dealkylation sites (tertiary alicyclic amines) is 1. The van der Waals surface area contributed by atoms with Crippen LogP contribution in [0.15, 0.2) is 18.2 Å². The lowest BCUT2D eigenvalue weighted by Crippen LogP contribution is -2.38. The van der Waals surface area contributed by atoms with Crippen molar-refractivity contribution in [3.05, 3.63) is 23.8 Å². The summed E-state index contributed by atoms with van der Waals surface area (Å²) in [5.74, 6) is 0.267. The number of hydrogen-bond acceptors (Lipinski definition) is 3. The average Bonchev–Trinajstić information content (AvgIpc) is 2.27. The lowest BCUT2D eigenvalue weighted by Gasteiger charge is -2.40. The maximum atomic E-state index is 9.55. The van der Waals surface area contributed by atoms with Crippen LogP contribution in [-0.2, 0) is 0 Å². The summed E-state index contributed by atoms with van der Waals surface area (Å²) >= 11 is 0. The molecule has 2 rings (SSSR count). The van der Waals surface area contributed by atoms with Crippen molar-refractivity contribution in [2.24, 2.45) is 5.41 Å². The average molecular weight is 249 g/mol. The number of piperidine rings is 1. The number of benzene rings is 1. The Morgan fingerprint density at radius 2 is 1.56 bits per heavy atom. The maximum Gasteiger partial charge on any atom is 0.119 e. The Labute approximate surface area is 109 Å². The summed E-state index contributed by atoms with van der Waals surface area (Å²) in [6, 6.07) is 5.09. The van der Waals surface area contributed by atoms with Crippen LogP contribution in [0.4, 0.5) is 0 Å². The third kappa shape index (κ3) is 2.96. The van der Waals surface area contributed by atoms with Crippen molar-refractivity contribution in [1.29, 1.82) is 0 Å². The van der Waals surface area contributed by atoms with Gasteiger partial charge in [-0.25, -0.2) is 0 Å². The zero-order chi connectivity index (χ0) is 13.3. The molecule has 0 amide bonds. The van der Waals surface area contributed by atoms with Gasteiger partial charge in [-0.2, -0.15) is 0 Å². The number of aromatic hydroxyl groups is 2. The first-order valence-corrected chi connectivity index (χ1v) is 6.64. The van der Waals surface area contributed by atoms with Gasteiger partial charge in [0.2, 0.25) is 0 Å². The van der Waals surface area contributed by atoms with Gasteiger partial charge in [0.25, 0.3) is 0 Å². The molecule has 1 heterocycles. The van der Waals surface area contributed by atoms with Gasteiger partial charge in [0, 0.05) is 12.1 Å². The van der Waals surface area contributed by atoms with Crippen LogP contribution < -0.4 is 0 Å². The molecule has 3 nitrogen and oxygen atoms in total. The van der Waals surface area contributed by atoms with Gasteiger partial charge in [0.1, 0.15) is 11.5 Å². The number of phenols is 2. The van der Waals surface area contributed by atoms with Gasteiger partial charge in [-0.1, -0.05) is 13.8 Å². The molecule has 1 unspecified atom stereocenters. The van der Waals surface area contributed by atoms with E-state index < -0.39 is 0 Å². The van der Waals surface area contributed by atoms with Gasteiger partial charge >= 0.3 is 0 Å². The van der Waals surface area contributed by atoms with E-state index in [9.17, 15) is 10.2 Å². The van der Waals surface area contributed by atoms with Gasteiger partial charge in [0.15, 0.2) is 0 Å². The number of phenolic OH excluding ortho intramolecular Hbond substituents is 2. The minimum atomic E-state index is 0.134. The lowest BCUT2D eigenvalue weighted by atomic mass is 9.82. The van der Waals surface area contributed by atoms with E-state index >= 15 is 0 Å². The van der Waals surface area contributed by atoms with Crippen LogP contribution in [0.2, 0.25) is 0 Å². The molecule has 1 atom stereocenters. The van der Waals surface area contributed by atoms with Crippen molar-refractivity contribution < 1.29 is 10.2 Å². The first kappa shape index (κ1) is 13.2. The van der Waals surface area contributed by atoms with E-state index in [2.05, 4.69) is 25.7 Å². The monoisotopic (exact) mass is 249 g/mol. The zero-order valence-corrected chi connectivity index (χ0v) is 11.5. The Morgan fingerprint density at radius 3 is 2.06 bits per heavy atom. The summed E-state index contributed by atoms with van der Waals surface area (Å²) < 4.78 is 0. The predicted octanol–water partition coefficient (Wildman–Crippen LogP) is 3.28. The normalized spacial score (nSPS) is 21.7. The molecule has 1 saturated heterocycles. The highest BCUT2D eigenvalue weighted by Crippen LogP contribution is 2.35. The Hall–Kier alpha value is -1.22. The van der Waals surface area contributed by atoms with Gasteiger partial charge in [-0.15, -0.1) is 0 Å². The third-order valence-corrected chi connectivity index (χ3v) is 4.11. The van der Waals surface area contributed by atoms with Crippen LogP contribution in [0.1, 0.15) is 45.2 Å². The minimum absolute atomic E-state index is 0.134. The predicted molar refractivity (Wildman–Crippen MR) is 72.8 cm³/mol. The van der Waals surface area contributed by atoms with Crippen LogP contribution in [0.3, 0.4) is 0 Å². The minimum Gasteiger partial charge on any atom is -0.508 e. The quantitative estimate of drug-likeness (QED) is 0.845. The lowest BCUT2D eigenvalue weighted by molar-refractivity contribution is 0.100. The van der Waals surface area contributed by atoms with Crippen molar-refractivity contribution in [2.75, 3.05) is 13.1 Å². The fourth-order valence-electron chi connectivity index (χ4n) is 2.59. The summed E-state index contributed by atoms with van der Waals surface area (Å²) in [7, 11) is 0. The molecule has 1 aliphatic rings. The van der Waals surface area contributed by atoms with Crippen LogP contribution in [0, 0.1) is 5.41 Å². The van der Waals surface area contributed by atoms with E-state index in [1.165, 1.54) is 18.9 Å². The van der Waals surface area contributed by atoms with E-state index in [0.717, 1.165) is 18.7 Å². The van der Waals surface area contributed by atoms with E-state index in [0.29, 0.717) is 5.41 Å². The largest absolute Gasteiger partial charge is 0.508 e. The first-order chi connectivity index (χ1) is 8.37. The molecule has 0 radical (unpaired) electrons. The molecule has 18 heavy (non-hydrogen) atoms. The molecule has 1 fully saturated rings. The highest BCUT2D eigenvalue weighted by molar-refractivity contribution is 5.38. The fraction of sp³-hybridized carbons (Fsp3) is 0.600. The molecule has 0 bridgehead atoms. The van der Waals surface area contributed by atoms with Crippen molar-refractivity contribution in [3.8, 4) is 11.5 Å². The summed E-state index contributed by atoms with van der Waals surface area (Å²) in [5.41, 5.74) is 1.42. The summed E-state index contributed by atoms with van der Waals surface area (Å²) in [4.78, 5) is 2.42. The highest BCUT2D eigenvalue weighted by atomic mass is 16.3. The highest BCUT2D eigenvalue weighted by Gasteiger charge is 2.28. The van der Waals surface area contributed by atoms with Crippen LogP contribution >= 0.6 is 0 Å². The summed E-state index contributed by atoms with van der Waals surface area (Å²) in [6.07, 6.45) is 2.39. The third-order valence-electron chi connectivity index (χ3n) is 4.11. The smallest absolute Gasteiger partial charge is 0.119 e. The van der Waals surface area contributed by atoms with Crippen molar-refractivity contribution in [1.82, 2.24) is 4.90 Å². The molecule has 100 valence electrons. The van der Waals surface area contributed by atoms with E-state index in [4.69, 9.17) is 0 Å². The molecule has 0 spiro atoms. The second kappa shape index (κ2) is 4.81. The summed E-state index contributed by atoms with van der Waals surface area (Å²) in [6.45, 7) is 8.91. The molecular weight excluding hydrogens is 226 g/mol. The maximum absolute atomic E-state index is 9.55. The topological polar surface area (TPSA) is 43.7 Å². The Balaban J connectivity index is 2.09. The molecule has 1 aromatic carbocycles. The van der Waals surface area contributed by atoms with Crippen molar-refractivity contribution >= 4 is 0 Å². The van der Waals surface area contributed by atoms with Gasteiger partial charge in [-0.3, -0.25) is 4.90 Å². The van der Waals surface area contributed by atoms with Crippen LogP contribution in [0.5, 0.6) is 11.5 Å². The SMILES string of the molecule is CC(c1cc(O)cc(O)c1)N1CCC(C)(C)CC1. The second-order valence-electron chi connectivity index (χ2n) is 6.16. The first-order valence-electron chi connectivity index (χ1n) is 6.64. The second-order valence-corrected chi connectivity index (χ2v) is 6.16. The van der Waals surface area contributed by atoms with E-state index in [-0.39, 0.29) is 17.5 Å². The zero-order valence-electron chi connectivity index (χ0n) is 11.5. The summed E-state index contributed by atoms with van der Waals surface area (Å²) in [5, 5.41) is 19.1. The molecule has 3 heteroatoms. The number of nitrogens with zero attached hydrogens (tertiary/aromatic N) is 1. The molecule has 0 aromatic heterocycles. The molecular formula is C15H23NO2. The van der Waals surface area contributed by atoms with E-state index in [1.54, 1.807) is 12.1 Å². The molecule has 2 N–H and O–H groups in total. The van der Waals surface area contributed by atoms with Gasteiger partial charge in [-0.05, 0) is 56.0 Å². The standard InChI is InChI=1S/C15H23NO2/c1-11(12-8-13(17)10-14(18)9-12)16-6-4-15(2,3)5-7-16/h8-11,17-18H,4-7H2,1-3H3. The van der Waals surface area contributed by atoms with Crippen molar-refractivity contribution in [2.45, 2.75) is 39.7 Å².